The van der Waals surface area contributed by atoms with Crippen molar-refractivity contribution >= 4 is 15.9 Å². The fourth-order valence-corrected chi connectivity index (χ4v) is 4.27. The Bertz CT molecular complexity index is 980. The van der Waals surface area contributed by atoms with Gasteiger partial charge in [-0.1, -0.05) is 25.1 Å². The molecule has 1 amide bonds. The second-order valence-electron chi connectivity index (χ2n) is 8.10. The average Bonchev–Trinajstić information content (AvgIpc) is 3.42. The summed E-state index contributed by atoms with van der Waals surface area (Å²) in [5.41, 5.74) is 0.260. The van der Waals surface area contributed by atoms with Gasteiger partial charge in [0.15, 0.2) is 5.82 Å². The van der Waals surface area contributed by atoms with E-state index in [1.54, 1.807) is 26.0 Å². The number of aromatic nitrogens is 2. The van der Waals surface area contributed by atoms with Gasteiger partial charge in [0.25, 0.3) is 5.91 Å². The lowest BCUT2D eigenvalue weighted by atomic mass is 10.0. The third kappa shape index (κ3) is 4.67. The summed E-state index contributed by atoms with van der Waals surface area (Å²) in [6.07, 6.45) is 2.12. The van der Waals surface area contributed by atoms with Gasteiger partial charge in [0, 0.05) is 24.6 Å². The molecular formula is C20H28N4O4S. The van der Waals surface area contributed by atoms with Crippen LogP contribution in [0, 0.1) is 5.92 Å². The van der Waals surface area contributed by atoms with Crippen molar-refractivity contribution in [1.82, 2.24) is 19.8 Å². The van der Waals surface area contributed by atoms with Gasteiger partial charge in [-0.2, -0.15) is 9.29 Å². The van der Waals surface area contributed by atoms with Crippen LogP contribution < -0.4 is 5.32 Å². The lowest BCUT2D eigenvalue weighted by Gasteiger charge is -2.21. The van der Waals surface area contributed by atoms with Crippen molar-refractivity contribution < 1.29 is 17.7 Å². The molecule has 9 heteroatoms. The Kier molecular flexibility index (Phi) is 6.09. The Hall–Kier alpha value is -2.26. The van der Waals surface area contributed by atoms with Gasteiger partial charge >= 0.3 is 0 Å². The minimum atomic E-state index is -3.68. The molecule has 0 spiro atoms. The number of carbonyl (C=O) groups is 1. The molecule has 1 saturated carbocycles. The van der Waals surface area contributed by atoms with Crippen LogP contribution in [-0.4, -0.2) is 41.9 Å². The molecule has 1 unspecified atom stereocenters. The van der Waals surface area contributed by atoms with E-state index in [-0.39, 0.29) is 28.3 Å². The highest BCUT2D eigenvalue weighted by atomic mass is 32.2. The predicted octanol–water partition coefficient (Wildman–Crippen LogP) is 3.10. The number of amides is 1. The topological polar surface area (TPSA) is 105 Å². The van der Waals surface area contributed by atoms with Gasteiger partial charge in [-0.15, -0.1) is 0 Å². The monoisotopic (exact) mass is 420 g/mol. The maximum Gasteiger partial charge on any atom is 0.251 e. The molecular weight excluding hydrogens is 392 g/mol. The number of carbonyl (C=O) groups excluding carboxylic acids is 1. The van der Waals surface area contributed by atoms with Crippen molar-refractivity contribution in [3.05, 3.63) is 41.5 Å². The van der Waals surface area contributed by atoms with Crippen LogP contribution in [0.25, 0.3) is 0 Å². The van der Waals surface area contributed by atoms with E-state index in [2.05, 4.69) is 15.5 Å². The summed E-state index contributed by atoms with van der Waals surface area (Å²) in [6, 6.07) is 5.39. The van der Waals surface area contributed by atoms with Gasteiger partial charge in [0.1, 0.15) is 6.04 Å². The summed E-state index contributed by atoms with van der Waals surface area (Å²) in [5, 5.41) is 6.93. The van der Waals surface area contributed by atoms with Crippen LogP contribution in [0.1, 0.15) is 74.6 Å². The zero-order chi connectivity index (χ0) is 21.3. The van der Waals surface area contributed by atoms with E-state index in [1.807, 2.05) is 13.8 Å². The van der Waals surface area contributed by atoms with Crippen molar-refractivity contribution in [3.63, 3.8) is 0 Å². The van der Waals surface area contributed by atoms with Crippen LogP contribution in [0.15, 0.2) is 33.7 Å². The molecule has 1 N–H and O–H groups in total. The lowest BCUT2D eigenvalue weighted by molar-refractivity contribution is 0.0913. The first-order valence-electron chi connectivity index (χ1n) is 9.83. The van der Waals surface area contributed by atoms with Gasteiger partial charge in [-0.05, 0) is 50.8 Å². The molecule has 1 atom stereocenters. The molecule has 0 aliphatic heterocycles. The number of hydrogen-bond acceptors (Lipinski definition) is 6. The molecule has 158 valence electrons. The standard InChI is InChI=1S/C20H28N4O4S/c1-12(2)17(20-22-18(23-28-20)14-9-10-14)21-19(25)15-7-6-8-16(11-15)29(26,27)24(5)13(3)4/h6-8,11-14,17H,9-10H2,1-5H3,(H,21,25). The summed E-state index contributed by atoms with van der Waals surface area (Å²) >= 11 is 0. The quantitative estimate of drug-likeness (QED) is 0.703. The summed E-state index contributed by atoms with van der Waals surface area (Å²) in [5.74, 6) is 1.05. The Morgan fingerprint density at radius 1 is 1.24 bits per heavy atom. The van der Waals surface area contributed by atoms with Crippen LogP contribution in [0.3, 0.4) is 0 Å². The van der Waals surface area contributed by atoms with Crippen molar-refractivity contribution in [2.75, 3.05) is 7.05 Å². The van der Waals surface area contributed by atoms with E-state index < -0.39 is 16.1 Å². The Labute approximate surface area is 171 Å². The summed E-state index contributed by atoms with van der Waals surface area (Å²) < 4.78 is 32.1. The van der Waals surface area contributed by atoms with E-state index in [0.29, 0.717) is 17.6 Å². The summed E-state index contributed by atoms with van der Waals surface area (Å²) in [7, 11) is -2.16. The van der Waals surface area contributed by atoms with Gasteiger partial charge in [-0.25, -0.2) is 8.42 Å². The normalized spacial score (nSPS) is 15.9. The largest absolute Gasteiger partial charge is 0.340 e. The Morgan fingerprint density at radius 3 is 2.52 bits per heavy atom. The second-order valence-corrected chi connectivity index (χ2v) is 10.1. The van der Waals surface area contributed by atoms with Crippen LogP contribution in [0.5, 0.6) is 0 Å². The number of sulfonamides is 1. The SMILES string of the molecule is CC(C)C(NC(=O)c1cccc(S(=O)(=O)N(C)C(C)C)c1)c1nc(C2CC2)no1. The van der Waals surface area contributed by atoms with Crippen LogP contribution >= 0.6 is 0 Å². The molecule has 1 aromatic carbocycles. The molecule has 8 nitrogen and oxygen atoms in total. The molecule has 2 aromatic rings. The molecule has 0 bridgehead atoms. The summed E-state index contributed by atoms with van der Waals surface area (Å²) in [6.45, 7) is 7.48. The fourth-order valence-electron chi connectivity index (χ4n) is 2.86. The van der Waals surface area contributed by atoms with E-state index in [9.17, 15) is 13.2 Å². The number of benzene rings is 1. The second kappa shape index (κ2) is 8.23. The Morgan fingerprint density at radius 2 is 1.93 bits per heavy atom. The van der Waals surface area contributed by atoms with Crippen LogP contribution in [-0.2, 0) is 10.0 Å². The van der Waals surface area contributed by atoms with Crippen LogP contribution in [0.4, 0.5) is 0 Å². The third-order valence-electron chi connectivity index (χ3n) is 5.12. The fraction of sp³-hybridized carbons (Fsp3) is 0.550. The highest BCUT2D eigenvalue weighted by molar-refractivity contribution is 7.89. The van der Waals surface area contributed by atoms with Gasteiger partial charge in [0.05, 0.1) is 4.90 Å². The number of hydrogen-bond donors (Lipinski definition) is 1. The van der Waals surface area contributed by atoms with Gasteiger partial charge < -0.3 is 9.84 Å². The van der Waals surface area contributed by atoms with Crippen molar-refractivity contribution in [3.8, 4) is 0 Å². The first-order valence-corrected chi connectivity index (χ1v) is 11.3. The lowest BCUT2D eigenvalue weighted by Crippen LogP contribution is -2.34. The number of nitrogens with one attached hydrogen (secondary N) is 1. The van der Waals surface area contributed by atoms with Crippen molar-refractivity contribution in [1.29, 1.82) is 0 Å². The predicted molar refractivity (Wildman–Crippen MR) is 108 cm³/mol. The van der Waals surface area contributed by atoms with Gasteiger partial charge in [-0.3, -0.25) is 4.79 Å². The van der Waals surface area contributed by atoms with E-state index in [0.717, 1.165) is 12.8 Å². The molecule has 1 fully saturated rings. The minimum absolute atomic E-state index is 0.0189. The maximum atomic E-state index is 12.9. The van der Waals surface area contributed by atoms with Gasteiger partial charge in [0.2, 0.25) is 15.9 Å². The van der Waals surface area contributed by atoms with Crippen LogP contribution in [0.2, 0.25) is 0 Å². The number of nitrogens with zero attached hydrogens (tertiary/aromatic N) is 3. The summed E-state index contributed by atoms with van der Waals surface area (Å²) in [4.78, 5) is 17.4. The minimum Gasteiger partial charge on any atom is -0.340 e. The molecule has 29 heavy (non-hydrogen) atoms. The zero-order valence-electron chi connectivity index (χ0n) is 17.4. The molecule has 1 aromatic heterocycles. The highest BCUT2D eigenvalue weighted by Crippen LogP contribution is 2.38. The molecule has 3 rings (SSSR count). The zero-order valence-corrected chi connectivity index (χ0v) is 18.2. The van der Waals surface area contributed by atoms with Crippen molar-refractivity contribution in [2.45, 2.75) is 63.4 Å². The van der Waals surface area contributed by atoms with E-state index in [1.165, 1.54) is 23.5 Å². The van der Waals surface area contributed by atoms with E-state index in [4.69, 9.17) is 4.52 Å². The van der Waals surface area contributed by atoms with E-state index >= 15 is 0 Å². The first-order chi connectivity index (χ1) is 13.6. The third-order valence-corrected chi connectivity index (χ3v) is 7.15. The Balaban J connectivity index is 1.81. The first kappa shape index (κ1) is 21.4. The highest BCUT2D eigenvalue weighted by Gasteiger charge is 2.32. The average molecular weight is 421 g/mol. The molecule has 1 aliphatic rings. The maximum absolute atomic E-state index is 12.9. The number of rotatable bonds is 8. The smallest absolute Gasteiger partial charge is 0.251 e. The van der Waals surface area contributed by atoms with Crippen molar-refractivity contribution in [2.24, 2.45) is 5.92 Å². The molecule has 0 saturated heterocycles. The molecule has 0 radical (unpaired) electrons. The molecule has 1 aliphatic carbocycles. The molecule has 1 heterocycles.